The Hall–Kier alpha value is -2.16. The fraction of sp³-hybridized carbons (Fsp3) is 0.818. The van der Waals surface area contributed by atoms with E-state index in [1.165, 1.54) is 0 Å². The molecule has 0 aromatic rings. The molecule has 1 spiro atoms. The summed E-state index contributed by atoms with van der Waals surface area (Å²) in [6.45, 7) is 8.41. The number of piperazine rings is 1. The Morgan fingerprint density at radius 1 is 1.10 bits per heavy atom. The van der Waals surface area contributed by atoms with Crippen molar-refractivity contribution >= 4 is 23.8 Å². The average molecular weight is 435 g/mol. The first-order valence-corrected chi connectivity index (χ1v) is 11.4. The molecule has 3 heterocycles. The number of hydrogen-bond acceptors (Lipinski definition) is 5. The van der Waals surface area contributed by atoms with Gasteiger partial charge in [-0.15, -0.1) is 0 Å². The van der Waals surface area contributed by atoms with Crippen LogP contribution >= 0.6 is 0 Å². The van der Waals surface area contributed by atoms with Gasteiger partial charge in [-0.05, 0) is 43.4 Å². The third kappa shape index (κ3) is 4.29. The largest absolute Gasteiger partial charge is 0.368 e. The van der Waals surface area contributed by atoms with Gasteiger partial charge in [0, 0.05) is 32.8 Å². The molecule has 9 heteroatoms. The highest BCUT2D eigenvalue weighted by atomic mass is 16.5. The molecule has 3 aliphatic heterocycles. The van der Waals surface area contributed by atoms with Gasteiger partial charge >= 0.3 is 6.03 Å². The summed E-state index contributed by atoms with van der Waals surface area (Å²) in [6.07, 6.45) is 3.50. The van der Waals surface area contributed by atoms with Crippen molar-refractivity contribution in [2.24, 2.45) is 11.3 Å². The van der Waals surface area contributed by atoms with E-state index in [2.05, 4.69) is 26.1 Å². The lowest BCUT2D eigenvalue weighted by Gasteiger charge is -2.43. The first-order chi connectivity index (χ1) is 14.6. The molecule has 1 saturated carbocycles. The molecule has 4 fully saturated rings. The SMILES string of the molecule is CC1CC(C)(C)CC2(C1)NC(=O)N(CC(=O)N1CCN(C(=O)C3CCCO3)CC1)C2=O. The summed E-state index contributed by atoms with van der Waals surface area (Å²) < 4.78 is 5.47. The number of amides is 5. The number of hydrogen-bond donors (Lipinski definition) is 1. The van der Waals surface area contributed by atoms with Crippen LogP contribution < -0.4 is 5.32 Å². The standard InChI is InChI=1S/C22H34N4O5/c1-15-11-21(2,3)14-22(12-15)19(29)26(20(30)23-22)13-17(27)24-6-8-25(9-7-24)18(28)16-5-4-10-31-16/h15-16H,4-14H2,1-3H3,(H,23,30). The van der Waals surface area contributed by atoms with Crippen LogP contribution in [-0.4, -0.2) is 89.4 Å². The number of nitrogens with one attached hydrogen (secondary N) is 1. The van der Waals surface area contributed by atoms with Crippen molar-refractivity contribution in [1.82, 2.24) is 20.0 Å². The second-order valence-electron chi connectivity index (χ2n) is 10.5. The van der Waals surface area contributed by atoms with Gasteiger partial charge in [0.1, 0.15) is 18.2 Å². The Morgan fingerprint density at radius 3 is 2.39 bits per heavy atom. The molecule has 9 nitrogen and oxygen atoms in total. The predicted molar refractivity (Wildman–Crippen MR) is 112 cm³/mol. The number of imide groups is 1. The Kier molecular flexibility index (Phi) is 5.74. The van der Waals surface area contributed by atoms with Crippen molar-refractivity contribution in [2.75, 3.05) is 39.3 Å². The van der Waals surface area contributed by atoms with Crippen LogP contribution in [0.5, 0.6) is 0 Å². The minimum Gasteiger partial charge on any atom is -0.368 e. The molecule has 172 valence electrons. The zero-order valence-corrected chi connectivity index (χ0v) is 18.8. The van der Waals surface area contributed by atoms with Crippen LogP contribution in [0.15, 0.2) is 0 Å². The van der Waals surface area contributed by atoms with Crippen LogP contribution in [0.25, 0.3) is 0 Å². The number of nitrogens with zero attached hydrogens (tertiary/aromatic N) is 3. The first-order valence-electron chi connectivity index (χ1n) is 11.4. The fourth-order valence-corrected chi connectivity index (χ4v) is 6.04. The Balaban J connectivity index is 1.34. The van der Waals surface area contributed by atoms with Crippen molar-refractivity contribution in [3.63, 3.8) is 0 Å². The summed E-state index contributed by atoms with van der Waals surface area (Å²) >= 11 is 0. The summed E-state index contributed by atoms with van der Waals surface area (Å²) in [5, 5.41) is 2.92. The smallest absolute Gasteiger partial charge is 0.325 e. The Morgan fingerprint density at radius 2 is 1.77 bits per heavy atom. The lowest BCUT2D eigenvalue weighted by atomic mass is 9.64. The lowest BCUT2D eigenvalue weighted by Crippen LogP contribution is -2.55. The second kappa shape index (κ2) is 8.07. The summed E-state index contributed by atoms with van der Waals surface area (Å²) in [5.41, 5.74) is -0.947. The van der Waals surface area contributed by atoms with Crippen LogP contribution in [-0.2, 0) is 19.1 Å². The molecule has 1 N–H and O–H groups in total. The van der Waals surface area contributed by atoms with Gasteiger partial charge in [-0.3, -0.25) is 19.3 Å². The van der Waals surface area contributed by atoms with E-state index >= 15 is 0 Å². The molecule has 0 aromatic heterocycles. The van der Waals surface area contributed by atoms with E-state index in [0.29, 0.717) is 51.5 Å². The van der Waals surface area contributed by atoms with E-state index in [1.54, 1.807) is 9.80 Å². The molecule has 3 unspecified atom stereocenters. The van der Waals surface area contributed by atoms with E-state index in [9.17, 15) is 19.2 Å². The fourth-order valence-electron chi connectivity index (χ4n) is 6.04. The molecule has 4 rings (SSSR count). The molecular formula is C22H34N4O5. The molecule has 31 heavy (non-hydrogen) atoms. The minimum atomic E-state index is -0.898. The highest BCUT2D eigenvalue weighted by molar-refractivity contribution is 6.09. The van der Waals surface area contributed by atoms with Crippen molar-refractivity contribution < 1.29 is 23.9 Å². The zero-order valence-electron chi connectivity index (χ0n) is 18.8. The quantitative estimate of drug-likeness (QED) is 0.668. The maximum absolute atomic E-state index is 13.2. The molecule has 5 amide bonds. The predicted octanol–water partition coefficient (Wildman–Crippen LogP) is 0.973. The summed E-state index contributed by atoms with van der Waals surface area (Å²) in [7, 11) is 0. The van der Waals surface area contributed by atoms with Gasteiger partial charge in [-0.2, -0.15) is 0 Å². The van der Waals surface area contributed by atoms with Crippen LogP contribution in [0.1, 0.15) is 52.9 Å². The number of ether oxygens (including phenoxy) is 1. The zero-order chi connectivity index (χ0) is 22.4. The van der Waals surface area contributed by atoms with Crippen molar-refractivity contribution in [1.29, 1.82) is 0 Å². The number of carbonyl (C=O) groups is 4. The van der Waals surface area contributed by atoms with Crippen LogP contribution in [0.4, 0.5) is 4.79 Å². The van der Waals surface area contributed by atoms with Crippen molar-refractivity contribution in [2.45, 2.75) is 64.5 Å². The Bertz CT molecular complexity index is 770. The third-order valence-electron chi connectivity index (χ3n) is 7.07. The van der Waals surface area contributed by atoms with Crippen LogP contribution in [0.2, 0.25) is 0 Å². The maximum Gasteiger partial charge on any atom is 0.325 e. The summed E-state index contributed by atoms with van der Waals surface area (Å²) in [4.78, 5) is 55.7. The van der Waals surface area contributed by atoms with Gasteiger partial charge in [0.05, 0.1) is 0 Å². The lowest BCUT2D eigenvalue weighted by molar-refractivity contribution is -0.147. The highest BCUT2D eigenvalue weighted by Crippen LogP contribution is 2.46. The molecule has 0 radical (unpaired) electrons. The van der Waals surface area contributed by atoms with Gasteiger partial charge in [0.15, 0.2) is 0 Å². The van der Waals surface area contributed by atoms with Gasteiger partial charge in [0.25, 0.3) is 11.8 Å². The topological polar surface area (TPSA) is 99.3 Å². The Labute approximate surface area is 183 Å². The van der Waals surface area contributed by atoms with Gasteiger partial charge in [0.2, 0.25) is 5.91 Å². The van der Waals surface area contributed by atoms with Gasteiger partial charge in [-0.25, -0.2) is 4.79 Å². The van der Waals surface area contributed by atoms with Gasteiger partial charge in [-0.1, -0.05) is 20.8 Å². The molecule has 4 aliphatic rings. The number of carbonyl (C=O) groups excluding carboxylic acids is 4. The molecule has 0 bridgehead atoms. The van der Waals surface area contributed by atoms with Crippen LogP contribution in [0.3, 0.4) is 0 Å². The van der Waals surface area contributed by atoms with Crippen molar-refractivity contribution in [3.05, 3.63) is 0 Å². The highest BCUT2D eigenvalue weighted by Gasteiger charge is 2.56. The van der Waals surface area contributed by atoms with E-state index < -0.39 is 11.6 Å². The van der Waals surface area contributed by atoms with Gasteiger partial charge < -0.3 is 19.9 Å². The average Bonchev–Trinajstić information content (AvgIpc) is 3.30. The van der Waals surface area contributed by atoms with Crippen molar-refractivity contribution in [3.8, 4) is 0 Å². The summed E-state index contributed by atoms with van der Waals surface area (Å²) in [5.74, 6) is -0.224. The molecule has 1 aliphatic carbocycles. The normalized spacial score (nSPS) is 33.2. The second-order valence-corrected chi connectivity index (χ2v) is 10.5. The van der Waals surface area contributed by atoms with E-state index in [1.807, 2.05) is 0 Å². The first kappa shape index (κ1) is 22.0. The molecule has 0 aromatic carbocycles. The number of urea groups is 1. The molecular weight excluding hydrogens is 400 g/mol. The molecule has 3 atom stereocenters. The van der Waals surface area contributed by atoms with E-state index in [-0.39, 0.29) is 35.8 Å². The number of rotatable bonds is 3. The third-order valence-corrected chi connectivity index (χ3v) is 7.07. The minimum absolute atomic E-state index is 0.00493. The molecule has 3 saturated heterocycles. The van der Waals surface area contributed by atoms with E-state index in [0.717, 1.165) is 24.2 Å². The monoisotopic (exact) mass is 434 g/mol. The van der Waals surface area contributed by atoms with E-state index in [4.69, 9.17) is 4.74 Å². The maximum atomic E-state index is 13.2. The summed E-state index contributed by atoms with van der Waals surface area (Å²) in [6, 6.07) is -0.476. The van der Waals surface area contributed by atoms with Crippen LogP contribution in [0, 0.1) is 11.3 Å².